The van der Waals surface area contributed by atoms with Crippen LogP contribution >= 0.6 is 22.7 Å². The predicted octanol–water partition coefficient (Wildman–Crippen LogP) is 3.39. The van der Waals surface area contributed by atoms with E-state index >= 15 is 0 Å². The minimum atomic E-state index is -1.60. The highest BCUT2D eigenvalue weighted by molar-refractivity contribution is 7.13. The van der Waals surface area contributed by atoms with Crippen molar-refractivity contribution in [2.24, 2.45) is 11.8 Å². The third kappa shape index (κ3) is 13.5. The van der Waals surface area contributed by atoms with Crippen LogP contribution in [0.3, 0.4) is 0 Å². The SMILES string of the molecule is CC(C)C(NC(=O)N(C)Cc1cscn1)C(=O)N[C@@H](Cc1ccccc1)[C@H](O)[C@@H](O)[C@H](Cc1ccccc1)NC(=O)C(NC(=O)N(C)Cc1csc(N)n1)C(C)C. The smallest absolute Gasteiger partial charge is 0.318 e. The van der Waals surface area contributed by atoms with Gasteiger partial charge in [-0.25, -0.2) is 19.6 Å². The van der Waals surface area contributed by atoms with Crippen molar-refractivity contribution < 1.29 is 29.4 Å². The molecule has 0 radical (unpaired) electrons. The first-order chi connectivity index (χ1) is 27.1. The number of nitrogens with zero attached hydrogens (tertiary/aromatic N) is 4. The van der Waals surface area contributed by atoms with E-state index < -0.39 is 60.3 Å². The number of rotatable bonds is 19. The number of nitrogen functional groups attached to an aromatic ring is 1. The second-order valence-corrected chi connectivity index (χ2v) is 16.4. The van der Waals surface area contributed by atoms with Crippen molar-refractivity contribution in [3.8, 4) is 0 Å². The van der Waals surface area contributed by atoms with Gasteiger partial charge in [-0.3, -0.25) is 9.59 Å². The van der Waals surface area contributed by atoms with Crippen molar-refractivity contribution >= 4 is 51.7 Å². The van der Waals surface area contributed by atoms with E-state index in [0.29, 0.717) is 16.5 Å². The Morgan fingerprint density at radius 1 is 0.684 bits per heavy atom. The number of anilines is 1. The summed E-state index contributed by atoms with van der Waals surface area (Å²) >= 11 is 2.68. The summed E-state index contributed by atoms with van der Waals surface area (Å²) in [6, 6.07) is 13.3. The van der Waals surface area contributed by atoms with Crippen LogP contribution in [0.4, 0.5) is 14.7 Å². The topological polar surface area (TPSA) is 215 Å². The number of amides is 6. The van der Waals surface area contributed by atoms with Crippen LogP contribution < -0.4 is 27.0 Å². The third-order valence-electron chi connectivity index (χ3n) is 9.43. The summed E-state index contributed by atoms with van der Waals surface area (Å²) in [6.07, 6.45) is -2.94. The number of hydrogen-bond donors (Lipinski definition) is 7. The molecule has 6 amide bonds. The maximum absolute atomic E-state index is 14.0. The van der Waals surface area contributed by atoms with Crippen molar-refractivity contribution in [3.63, 3.8) is 0 Å². The summed E-state index contributed by atoms with van der Waals surface area (Å²) in [6.45, 7) is 7.59. The number of thiazole rings is 2. The quantitative estimate of drug-likeness (QED) is 0.0738. The molecule has 15 nitrogen and oxygen atoms in total. The minimum absolute atomic E-state index is 0.122. The summed E-state index contributed by atoms with van der Waals surface area (Å²) in [7, 11) is 3.19. The number of nitrogens with two attached hydrogens (primary N) is 1. The lowest BCUT2D eigenvalue weighted by Crippen LogP contribution is -2.62. The number of urea groups is 2. The highest BCUT2D eigenvalue weighted by Gasteiger charge is 2.38. The summed E-state index contributed by atoms with van der Waals surface area (Å²) in [5, 5.41) is 39.4. The van der Waals surface area contributed by atoms with Crippen molar-refractivity contribution in [1.29, 1.82) is 0 Å². The van der Waals surface area contributed by atoms with Crippen LogP contribution in [0.2, 0.25) is 0 Å². The largest absolute Gasteiger partial charge is 0.388 e. The molecule has 0 saturated heterocycles. The molecule has 2 aromatic heterocycles. The number of aliphatic hydroxyl groups excluding tert-OH is 2. The molecule has 2 unspecified atom stereocenters. The van der Waals surface area contributed by atoms with Gasteiger partial charge < -0.3 is 47.0 Å². The van der Waals surface area contributed by atoms with Crippen LogP contribution in [0, 0.1) is 11.8 Å². The summed E-state index contributed by atoms with van der Waals surface area (Å²) < 4.78 is 0. The molecule has 0 bridgehead atoms. The fraction of sp³-hybridized carbons (Fsp3) is 0.450. The molecule has 0 aliphatic heterocycles. The molecule has 0 aliphatic rings. The Kier molecular flexibility index (Phi) is 16.8. The van der Waals surface area contributed by atoms with E-state index in [1.54, 1.807) is 52.7 Å². The number of nitrogens with one attached hydrogen (secondary N) is 4. The molecule has 2 heterocycles. The van der Waals surface area contributed by atoms with Crippen LogP contribution in [0.15, 0.2) is 76.9 Å². The zero-order valence-electron chi connectivity index (χ0n) is 33.2. The van der Waals surface area contributed by atoms with Gasteiger partial charge in [-0.05, 0) is 35.8 Å². The van der Waals surface area contributed by atoms with Gasteiger partial charge in [0, 0.05) is 24.9 Å². The van der Waals surface area contributed by atoms with Gasteiger partial charge in [0.1, 0.15) is 24.3 Å². The van der Waals surface area contributed by atoms with Gasteiger partial charge in [-0.1, -0.05) is 88.4 Å². The number of carbonyl (C=O) groups is 4. The molecule has 4 aromatic rings. The number of benzene rings is 2. The lowest BCUT2D eigenvalue weighted by Gasteiger charge is -2.35. The molecule has 8 N–H and O–H groups in total. The Labute approximate surface area is 342 Å². The fourth-order valence-electron chi connectivity index (χ4n) is 6.17. The van der Waals surface area contributed by atoms with Crippen LogP contribution in [0.5, 0.6) is 0 Å². The van der Waals surface area contributed by atoms with Gasteiger partial charge in [-0.15, -0.1) is 22.7 Å². The molecule has 308 valence electrons. The van der Waals surface area contributed by atoms with E-state index in [4.69, 9.17) is 5.73 Å². The van der Waals surface area contributed by atoms with Gasteiger partial charge >= 0.3 is 12.1 Å². The van der Waals surface area contributed by atoms with E-state index in [-0.39, 0.29) is 37.8 Å². The van der Waals surface area contributed by atoms with Crippen LogP contribution in [-0.4, -0.2) is 104 Å². The lowest BCUT2D eigenvalue weighted by atomic mass is 9.90. The molecule has 0 aliphatic carbocycles. The maximum atomic E-state index is 14.0. The molecular formula is C40H55N9O6S2. The standard InChI is InChI=1S/C40H55N9O6S2/c1-24(2)32(46-39(54)48(5)19-28-21-56-23-42-28)36(52)44-30(17-26-13-9-7-10-14-26)34(50)35(51)31(18-27-15-11-8-12-16-27)45-37(53)33(25(3)4)47-40(55)49(6)20-29-22-57-38(41)43-29/h7-16,21-25,30-35,50-51H,17-20H2,1-6H3,(H2,41,43)(H,44,52)(H,45,53)(H,46,54)(H,47,55)/t30-,31-,32?,33?,34-,35-/m0/s1. The van der Waals surface area contributed by atoms with E-state index in [1.165, 1.54) is 32.5 Å². The summed E-state index contributed by atoms with van der Waals surface area (Å²) in [5.74, 6) is -1.81. The highest BCUT2D eigenvalue weighted by atomic mass is 32.1. The van der Waals surface area contributed by atoms with Gasteiger partial charge in [-0.2, -0.15) is 0 Å². The third-order valence-corrected chi connectivity index (χ3v) is 10.8. The molecule has 6 atom stereocenters. The van der Waals surface area contributed by atoms with Crippen LogP contribution in [-0.2, 0) is 35.5 Å². The van der Waals surface area contributed by atoms with Crippen molar-refractivity contribution in [3.05, 3.63) is 99.4 Å². The molecule has 0 spiro atoms. The number of hydrogen-bond acceptors (Lipinski definition) is 11. The Bertz CT molecular complexity index is 1860. The van der Waals surface area contributed by atoms with Gasteiger partial charge in [0.2, 0.25) is 11.8 Å². The minimum Gasteiger partial charge on any atom is -0.388 e. The van der Waals surface area contributed by atoms with Gasteiger partial charge in [0.25, 0.3) is 0 Å². The molecule has 17 heteroatoms. The lowest BCUT2D eigenvalue weighted by molar-refractivity contribution is -0.129. The Hall–Kier alpha value is -5.10. The average Bonchev–Trinajstić information content (AvgIpc) is 3.86. The van der Waals surface area contributed by atoms with E-state index in [1.807, 2.05) is 66.0 Å². The summed E-state index contributed by atoms with van der Waals surface area (Å²) in [5.41, 5.74) is 10.3. The maximum Gasteiger partial charge on any atom is 0.318 e. The first-order valence-corrected chi connectivity index (χ1v) is 20.6. The monoisotopic (exact) mass is 821 g/mol. The van der Waals surface area contributed by atoms with Crippen molar-refractivity contribution in [1.82, 2.24) is 41.0 Å². The number of aliphatic hydroxyl groups is 2. The van der Waals surface area contributed by atoms with Crippen LogP contribution in [0.25, 0.3) is 0 Å². The zero-order valence-corrected chi connectivity index (χ0v) is 34.8. The second-order valence-electron chi connectivity index (χ2n) is 14.8. The normalized spacial score (nSPS) is 14.5. The second kappa shape index (κ2) is 21.4. The van der Waals surface area contributed by atoms with Gasteiger partial charge in [0.15, 0.2) is 5.13 Å². The van der Waals surface area contributed by atoms with Crippen molar-refractivity contribution in [2.45, 2.75) is 90.0 Å². The Morgan fingerprint density at radius 3 is 1.49 bits per heavy atom. The molecule has 0 fully saturated rings. The fourth-order valence-corrected chi connectivity index (χ4v) is 7.27. The van der Waals surface area contributed by atoms with E-state index in [0.717, 1.165) is 11.1 Å². The molecule has 57 heavy (non-hydrogen) atoms. The number of carbonyl (C=O) groups excluding carboxylic acids is 4. The zero-order chi connectivity index (χ0) is 41.6. The first-order valence-electron chi connectivity index (χ1n) is 18.8. The molecule has 2 aromatic carbocycles. The van der Waals surface area contributed by atoms with E-state index in [2.05, 4.69) is 31.2 Å². The molecule has 4 rings (SSSR count). The molecule has 0 saturated carbocycles. The molecular weight excluding hydrogens is 767 g/mol. The highest BCUT2D eigenvalue weighted by Crippen LogP contribution is 2.18. The Morgan fingerprint density at radius 2 is 1.12 bits per heavy atom. The average molecular weight is 822 g/mol. The van der Waals surface area contributed by atoms with E-state index in [9.17, 15) is 29.4 Å². The Balaban J connectivity index is 1.56. The first kappa shape index (κ1) is 44.6. The summed E-state index contributed by atoms with van der Waals surface area (Å²) in [4.78, 5) is 65.7. The van der Waals surface area contributed by atoms with Crippen molar-refractivity contribution in [2.75, 3.05) is 19.8 Å². The predicted molar refractivity (Wildman–Crippen MR) is 222 cm³/mol. The number of aromatic nitrogens is 2. The van der Waals surface area contributed by atoms with Crippen LogP contribution in [0.1, 0.15) is 50.2 Å². The van der Waals surface area contributed by atoms with Gasteiger partial charge in [0.05, 0.1) is 42.1 Å².